The SMILES string of the molecule is C=C(CO[C@@H]1[C@@H](C=O)O[C@@]2(COC)OC(C)(C)O[C@@H]12)C(=O)OCC. The van der Waals surface area contributed by atoms with Gasteiger partial charge in [0.2, 0.25) is 5.79 Å². The molecule has 8 nitrogen and oxygen atoms in total. The Bertz CT molecular complexity index is 502. The van der Waals surface area contributed by atoms with E-state index in [-0.39, 0.29) is 25.4 Å². The highest BCUT2D eigenvalue weighted by molar-refractivity contribution is 5.87. The Kier molecular flexibility index (Phi) is 5.77. The first-order chi connectivity index (χ1) is 11.3. The summed E-state index contributed by atoms with van der Waals surface area (Å²) in [5, 5.41) is 0. The maximum Gasteiger partial charge on any atom is 0.335 e. The molecule has 4 atom stereocenters. The van der Waals surface area contributed by atoms with Crippen LogP contribution in [0.1, 0.15) is 20.8 Å². The van der Waals surface area contributed by atoms with Gasteiger partial charge in [0.1, 0.15) is 24.9 Å². The van der Waals surface area contributed by atoms with Gasteiger partial charge in [-0.3, -0.25) is 0 Å². The molecule has 8 heteroatoms. The number of hydrogen-bond acceptors (Lipinski definition) is 8. The predicted molar refractivity (Wildman–Crippen MR) is 81.1 cm³/mol. The molecule has 0 bridgehead atoms. The number of fused-ring (bicyclic) bond motifs is 1. The molecular weight excluding hydrogens is 320 g/mol. The summed E-state index contributed by atoms with van der Waals surface area (Å²) in [5.74, 6) is -2.71. The molecular formula is C16H24O8. The molecule has 2 aliphatic rings. The largest absolute Gasteiger partial charge is 0.463 e. The van der Waals surface area contributed by atoms with Crippen molar-refractivity contribution in [2.45, 2.75) is 50.7 Å². The number of carbonyl (C=O) groups is 2. The van der Waals surface area contributed by atoms with Crippen LogP contribution in [-0.2, 0) is 38.0 Å². The van der Waals surface area contributed by atoms with Gasteiger partial charge in [-0.05, 0) is 20.8 Å². The van der Waals surface area contributed by atoms with Gasteiger partial charge in [0, 0.05) is 7.11 Å². The minimum absolute atomic E-state index is 0.0735. The van der Waals surface area contributed by atoms with Crippen molar-refractivity contribution in [3.8, 4) is 0 Å². The summed E-state index contributed by atoms with van der Waals surface area (Å²) in [6.07, 6.45) is -1.73. The number of methoxy groups -OCH3 is 1. The summed E-state index contributed by atoms with van der Waals surface area (Å²) in [6, 6.07) is 0. The van der Waals surface area contributed by atoms with E-state index >= 15 is 0 Å². The van der Waals surface area contributed by atoms with E-state index in [9.17, 15) is 9.59 Å². The topological polar surface area (TPSA) is 89.5 Å². The van der Waals surface area contributed by atoms with Crippen LogP contribution in [0.3, 0.4) is 0 Å². The maximum absolute atomic E-state index is 11.6. The number of ether oxygens (including phenoxy) is 6. The minimum Gasteiger partial charge on any atom is -0.463 e. The van der Waals surface area contributed by atoms with Crippen molar-refractivity contribution >= 4 is 12.3 Å². The quantitative estimate of drug-likeness (QED) is 0.359. The monoisotopic (exact) mass is 344 g/mol. The summed E-state index contributed by atoms with van der Waals surface area (Å²) >= 11 is 0. The Morgan fingerprint density at radius 1 is 1.33 bits per heavy atom. The Morgan fingerprint density at radius 2 is 2.04 bits per heavy atom. The lowest BCUT2D eigenvalue weighted by molar-refractivity contribution is -0.272. The van der Waals surface area contributed by atoms with Crippen LogP contribution in [0, 0.1) is 0 Å². The van der Waals surface area contributed by atoms with Gasteiger partial charge in [-0.25, -0.2) is 4.79 Å². The summed E-state index contributed by atoms with van der Waals surface area (Å²) in [7, 11) is 1.50. The molecule has 0 spiro atoms. The maximum atomic E-state index is 11.6. The Balaban J connectivity index is 2.11. The third-order valence-electron chi connectivity index (χ3n) is 3.71. The van der Waals surface area contributed by atoms with E-state index < -0.39 is 35.9 Å². The van der Waals surface area contributed by atoms with Gasteiger partial charge < -0.3 is 33.2 Å². The average molecular weight is 344 g/mol. The van der Waals surface area contributed by atoms with E-state index in [1.54, 1.807) is 20.8 Å². The first-order valence-electron chi connectivity index (χ1n) is 7.75. The first kappa shape index (κ1) is 19.0. The van der Waals surface area contributed by atoms with Crippen molar-refractivity contribution in [1.29, 1.82) is 0 Å². The number of hydrogen-bond donors (Lipinski definition) is 0. The lowest BCUT2D eigenvalue weighted by atomic mass is 10.1. The van der Waals surface area contributed by atoms with E-state index in [0.29, 0.717) is 6.29 Å². The summed E-state index contributed by atoms with van der Waals surface area (Å²) in [6.45, 7) is 9.00. The van der Waals surface area contributed by atoms with Crippen molar-refractivity contribution in [3.63, 3.8) is 0 Å². The summed E-state index contributed by atoms with van der Waals surface area (Å²) in [5.41, 5.74) is 0.143. The zero-order valence-electron chi connectivity index (χ0n) is 14.4. The second kappa shape index (κ2) is 7.28. The molecule has 0 aromatic rings. The Morgan fingerprint density at radius 3 is 2.62 bits per heavy atom. The molecule has 2 rings (SSSR count). The second-order valence-corrected chi connectivity index (χ2v) is 6.10. The molecule has 0 radical (unpaired) electrons. The van der Waals surface area contributed by atoms with Crippen molar-refractivity contribution in [3.05, 3.63) is 12.2 Å². The molecule has 2 saturated heterocycles. The highest BCUT2D eigenvalue weighted by atomic mass is 16.9. The van der Waals surface area contributed by atoms with Gasteiger partial charge in [0.25, 0.3) is 0 Å². The molecule has 2 fully saturated rings. The first-order valence-corrected chi connectivity index (χ1v) is 7.75. The van der Waals surface area contributed by atoms with E-state index in [1.807, 2.05) is 0 Å². The van der Waals surface area contributed by atoms with Crippen molar-refractivity contribution < 1.29 is 38.0 Å². The lowest BCUT2D eigenvalue weighted by Gasteiger charge is -2.26. The van der Waals surface area contributed by atoms with Gasteiger partial charge in [0.05, 0.1) is 18.8 Å². The lowest BCUT2D eigenvalue weighted by Crippen LogP contribution is -2.45. The van der Waals surface area contributed by atoms with Gasteiger partial charge >= 0.3 is 5.97 Å². The van der Waals surface area contributed by atoms with Crippen LogP contribution in [0.15, 0.2) is 12.2 Å². The minimum atomic E-state index is -1.24. The van der Waals surface area contributed by atoms with Crippen molar-refractivity contribution in [2.75, 3.05) is 26.9 Å². The fourth-order valence-corrected chi connectivity index (χ4v) is 2.90. The number of aldehydes is 1. The predicted octanol–water partition coefficient (Wildman–Crippen LogP) is 0.583. The zero-order chi connectivity index (χ0) is 18.0. The molecule has 0 aromatic carbocycles. The second-order valence-electron chi connectivity index (χ2n) is 6.10. The molecule has 0 amide bonds. The van der Waals surface area contributed by atoms with Gasteiger partial charge in [-0.2, -0.15) is 0 Å². The number of rotatable bonds is 8. The van der Waals surface area contributed by atoms with Crippen LogP contribution >= 0.6 is 0 Å². The molecule has 2 heterocycles. The average Bonchev–Trinajstić information content (AvgIpc) is 2.92. The third kappa shape index (κ3) is 3.68. The van der Waals surface area contributed by atoms with E-state index in [1.165, 1.54) is 7.11 Å². The van der Waals surface area contributed by atoms with E-state index in [2.05, 4.69) is 6.58 Å². The summed E-state index contributed by atoms with van der Waals surface area (Å²) in [4.78, 5) is 23.0. The number of esters is 1. The fraction of sp³-hybridized carbons (Fsp3) is 0.750. The standard InChI is InChI=1S/C16H24O8/c1-6-20-14(18)10(2)8-21-12-11(7-17)22-16(9-19-5)13(12)23-15(3,4)24-16/h7,11-13H,2,6,8-9H2,1,3-5H3/t11-,12-,13+,16+/m1/s1. The van der Waals surface area contributed by atoms with Crippen LogP contribution < -0.4 is 0 Å². The molecule has 136 valence electrons. The number of carbonyl (C=O) groups excluding carboxylic acids is 2. The third-order valence-corrected chi connectivity index (χ3v) is 3.71. The van der Waals surface area contributed by atoms with Crippen LogP contribution in [0.25, 0.3) is 0 Å². The van der Waals surface area contributed by atoms with Crippen molar-refractivity contribution in [2.24, 2.45) is 0 Å². The molecule has 0 unspecified atom stereocenters. The van der Waals surface area contributed by atoms with E-state index in [4.69, 9.17) is 28.4 Å². The smallest absolute Gasteiger partial charge is 0.335 e. The Hall–Kier alpha value is -1.32. The molecule has 0 aromatic heterocycles. The molecule has 24 heavy (non-hydrogen) atoms. The fourth-order valence-electron chi connectivity index (χ4n) is 2.90. The van der Waals surface area contributed by atoms with Gasteiger partial charge in [-0.1, -0.05) is 6.58 Å². The van der Waals surface area contributed by atoms with Gasteiger partial charge in [0.15, 0.2) is 12.1 Å². The zero-order valence-corrected chi connectivity index (χ0v) is 14.4. The van der Waals surface area contributed by atoms with Crippen LogP contribution in [-0.4, -0.2) is 69.1 Å². The van der Waals surface area contributed by atoms with Gasteiger partial charge in [-0.15, -0.1) is 0 Å². The summed E-state index contributed by atoms with van der Waals surface area (Å²) < 4.78 is 33.1. The van der Waals surface area contributed by atoms with E-state index in [0.717, 1.165) is 0 Å². The molecule has 0 N–H and O–H groups in total. The Labute approximate surface area is 141 Å². The molecule has 0 aliphatic carbocycles. The van der Waals surface area contributed by atoms with Crippen LogP contribution in [0.2, 0.25) is 0 Å². The normalized spacial score (nSPS) is 33.9. The van der Waals surface area contributed by atoms with Crippen LogP contribution in [0.5, 0.6) is 0 Å². The highest BCUT2D eigenvalue weighted by Crippen LogP contribution is 2.46. The highest BCUT2D eigenvalue weighted by Gasteiger charge is 2.65. The molecule has 0 saturated carbocycles. The van der Waals surface area contributed by atoms with Crippen molar-refractivity contribution in [1.82, 2.24) is 0 Å². The van der Waals surface area contributed by atoms with Crippen LogP contribution in [0.4, 0.5) is 0 Å². The molecule has 2 aliphatic heterocycles.